The minimum atomic E-state index is 0.0777. The quantitative estimate of drug-likeness (QED) is 0.926. The molecule has 128 valence electrons. The number of carbonyl (C=O) groups is 1. The minimum absolute atomic E-state index is 0.0777. The van der Waals surface area contributed by atoms with Crippen LogP contribution in [0.5, 0.6) is 0 Å². The van der Waals surface area contributed by atoms with Crippen molar-refractivity contribution in [1.29, 1.82) is 0 Å². The average Bonchev–Trinajstić information content (AvgIpc) is 3.29. The number of likely N-dealkylation sites (tertiary alicyclic amines) is 1. The topological polar surface area (TPSA) is 58.2 Å². The Bertz CT molecular complexity index is 695. The lowest BCUT2D eigenvalue weighted by atomic mass is 9.96. The number of nitrogens with zero attached hydrogens (tertiary/aromatic N) is 2. The highest BCUT2D eigenvalue weighted by Gasteiger charge is 2.31. The Kier molecular flexibility index (Phi) is 4.67. The van der Waals surface area contributed by atoms with E-state index in [9.17, 15) is 4.79 Å². The molecule has 0 saturated carbocycles. The van der Waals surface area contributed by atoms with Crippen LogP contribution >= 0.6 is 11.3 Å². The molecule has 2 aromatic rings. The van der Waals surface area contributed by atoms with Crippen molar-refractivity contribution >= 4 is 17.2 Å². The lowest BCUT2D eigenvalue weighted by Gasteiger charge is -2.35. The first-order chi connectivity index (χ1) is 11.8. The van der Waals surface area contributed by atoms with E-state index in [0.717, 1.165) is 49.9 Å². The second-order valence-electron chi connectivity index (χ2n) is 6.60. The van der Waals surface area contributed by atoms with Crippen LogP contribution in [0, 0.1) is 0 Å². The summed E-state index contributed by atoms with van der Waals surface area (Å²) in [7, 11) is 0. The first-order valence-electron chi connectivity index (χ1n) is 8.80. The maximum atomic E-state index is 13.1. The highest BCUT2D eigenvalue weighted by Crippen LogP contribution is 2.26. The third-order valence-electron chi connectivity index (χ3n) is 5.09. The normalized spacial score (nSPS) is 20.8. The van der Waals surface area contributed by atoms with Gasteiger partial charge in [0.1, 0.15) is 0 Å². The van der Waals surface area contributed by atoms with E-state index in [-0.39, 0.29) is 5.91 Å². The molecule has 6 heteroatoms. The van der Waals surface area contributed by atoms with Gasteiger partial charge in [-0.05, 0) is 43.6 Å². The van der Waals surface area contributed by atoms with Crippen molar-refractivity contribution in [3.8, 4) is 0 Å². The van der Waals surface area contributed by atoms with E-state index in [1.807, 2.05) is 0 Å². The molecular formula is C18H23N3O2S. The monoisotopic (exact) mass is 345 g/mol. The number of aryl methyl sites for hydroxylation is 1. The summed E-state index contributed by atoms with van der Waals surface area (Å²) < 4.78 is 5.53. The fourth-order valence-electron chi connectivity index (χ4n) is 3.76. The summed E-state index contributed by atoms with van der Waals surface area (Å²) in [5, 5.41) is 9.48. The third-order valence-corrected chi connectivity index (χ3v) is 6.03. The molecule has 1 saturated heterocycles. The molecule has 24 heavy (non-hydrogen) atoms. The van der Waals surface area contributed by atoms with Gasteiger partial charge in [0.2, 0.25) is 0 Å². The van der Waals surface area contributed by atoms with E-state index in [0.29, 0.717) is 24.9 Å². The number of piperidine rings is 1. The number of carbonyl (C=O) groups excluding carboxylic acids is 1. The highest BCUT2D eigenvalue weighted by molar-refractivity contribution is 7.09. The molecule has 1 atom stereocenters. The van der Waals surface area contributed by atoms with Gasteiger partial charge >= 0.3 is 0 Å². The largest absolute Gasteiger partial charge is 0.376 e. The molecule has 2 aliphatic heterocycles. The third kappa shape index (κ3) is 3.13. The second-order valence-corrected chi connectivity index (χ2v) is 7.63. The predicted molar refractivity (Wildman–Crippen MR) is 93.3 cm³/mol. The predicted octanol–water partition coefficient (Wildman–Crippen LogP) is 3.17. The molecule has 2 aromatic heterocycles. The molecule has 0 radical (unpaired) electrons. The fraction of sp³-hybridized carbons (Fsp3) is 0.556. The van der Waals surface area contributed by atoms with Crippen LogP contribution in [0.25, 0.3) is 0 Å². The van der Waals surface area contributed by atoms with Crippen LogP contribution in [0.1, 0.15) is 52.3 Å². The summed E-state index contributed by atoms with van der Waals surface area (Å²) in [4.78, 5) is 16.6. The Labute approximate surface area is 146 Å². The summed E-state index contributed by atoms with van der Waals surface area (Å²) in [6.07, 6.45) is 6.30. The van der Waals surface area contributed by atoms with E-state index in [4.69, 9.17) is 4.74 Å². The SMILES string of the molecule is O=C(c1n[nH]c2c1COCC2)N1CCCC[C@H]1CCc1cccs1. The van der Waals surface area contributed by atoms with Crippen molar-refractivity contribution in [2.45, 2.75) is 51.2 Å². The molecule has 0 aromatic carbocycles. The molecule has 0 aliphatic carbocycles. The van der Waals surface area contributed by atoms with E-state index in [1.54, 1.807) is 11.3 Å². The Balaban J connectivity index is 1.49. The summed E-state index contributed by atoms with van der Waals surface area (Å²) in [5.41, 5.74) is 2.61. The molecule has 0 unspecified atom stereocenters. The number of amides is 1. The van der Waals surface area contributed by atoms with E-state index in [1.165, 1.54) is 11.3 Å². The summed E-state index contributed by atoms with van der Waals surface area (Å²) in [5.74, 6) is 0.0777. The number of rotatable bonds is 4. The van der Waals surface area contributed by atoms with Gasteiger partial charge in [-0.3, -0.25) is 9.89 Å². The first kappa shape index (κ1) is 15.8. The number of ether oxygens (including phenoxy) is 1. The zero-order valence-electron chi connectivity index (χ0n) is 13.8. The second kappa shape index (κ2) is 7.07. The first-order valence-corrected chi connectivity index (χ1v) is 9.68. The van der Waals surface area contributed by atoms with Gasteiger partial charge < -0.3 is 9.64 Å². The Morgan fingerprint density at radius 1 is 1.46 bits per heavy atom. The maximum Gasteiger partial charge on any atom is 0.274 e. The van der Waals surface area contributed by atoms with Crippen LogP contribution in [-0.4, -0.2) is 40.2 Å². The average molecular weight is 345 g/mol. The number of nitrogens with one attached hydrogen (secondary N) is 1. The molecule has 1 amide bonds. The molecule has 1 fully saturated rings. The summed E-state index contributed by atoms with van der Waals surface area (Å²) in [6.45, 7) is 2.05. The number of hydrogen-bond acceptors (Lipinski definition) is 4. The maximum absolute atomic E-state index is 13.1. The van der Waals surface area contributed by atoms with Gasteiger partial charge in [-0.2, -0.15) is 5.10 Å². The molecule has 4 rings (SSSR count). The van der Waals surface area contributed by atoms with E-state index >= 15 is 0 Å². The lowest BCUT2D eigenvalue weighted by molar-refractivity contribution is 0.0586. The Morgan fingerprint density at radius 3 is 3.29 bits per heavy atom. The van der Waals surface area contributed by atoms with Crippen molar-refractivity contribution in [2.75, 3.05) is 13.2 Å². The van der Waals surface area contributed by atoms with Crippen molar-refractivity contribution in [1.82, 2.24) is 15.1 Å². The minimum Gasteiger partial charge on any atom is -0.376 e. The molecule has 4 heterocycles. The summed E-state index contributed by atoms with van der Waals surface area (Å²) >= 11 is 1.80. The molecular weight excluding hydrogens is 322 g/mol. The number of thiophene rings is 1. The van der Waals surface area contributed by atoms with Crippen molar-refractivity contribution in [2.24, 2.45) is 0 Å². The molecule has 5 nitrogen and oxygen atoms in total. The smallest absolute Gasteiger partial charge is 0.274 e. The Hall–Kier alpha value is -1.66. The van der Waals surface area contributed by atoms with Gasteiger partial charge in [-0.15, -0.1) is 11.3 Å². The van der Waals surface area contributed by atoms with Crippen LogP contribution in [0.4, 0.5) is 0 Å². The molecule has 0 bridgehead atoms. The Morgan fingerprint density at radius 2 is 2.42 bits per heavy atom. The summed E-state index contributed by atoms with van der Waals surface area (Å²) in [6, 6.07) is 4.60. The van der Waals surface area contributed by atoms with Crippen LogP contribution in [-0.2, 0) is 24.2 Å². The van der Waals surface area contributed by atoms with Gasteiger partial charge in [0.15, 0.2) is 5.69 Å². The fourth-order valence-corrected chi connectivity index (χ4v) is 4.48. The highest BCUT2D eigenvalue weighted by atomic mass is 32.1. The van der Waals surface area contributed by atoms with Crippen LogP contribution in [0.2, 0.25) is 0 Å². The van der Waals surface area contributed by atoms with Crippen molar-refractivity contribution < 1.29 is 9.53 Å². The van der Waals surface area contributed by atoms with Crippen LogP contribution < -0.4 is 0 Å². The lowest BCUT2D eigenvalue weighted by Crippen LogP contribution is -2.44. The van der Waals surface area contributed by atoms with Crippen molar-refractivity contribution in [3.63, 3.8) is 0 Å². The van der Waals surface area contributed by atoms with E-state index < -0.39 is 0 Å². The number of fused-ring (bicyclic) bond motifs is 1. The number of aromatic nitrogens is 2. The van der Waals surface area contributed by atoms with Crippen LogP contribution in [0.15, 0.2) is 17.5 Å². The van der Waals surface area contributed by atoms with Gasteiger partial charge in [-0.1, -0.05) is 6.07 Å². The standard InChI is InChI=1S/C18H23N3O2S/c22-18(17-15-12-23-10-8-16(15)19-20-17)21-9-2-1-4-13(21)6-7-14-5-3-11-24-14/h3,5,11,13H,1-2,4,6-10,12H2,(H,19,20)/t13-/m0/s1. The van der Waals surface area contributed by atoms with Gasteiger partial charge in [-0.25, -0.2) is 0 Å². The number of hydrogen-bond donors (Lipinski definition) is 1. The zero-order valence-corrected chi connectivity index (χ0v) is 14.6. The molecule has 1 N–H and O–H groups in total. The van der Waals surface area contributed by atoms with Gasteiger partial charge in [0.25, 0.3) is 5.91 Å². The van der Waals surface area contributed by atoms with E-state index in [2.05, 4.69) is 32.6 Å². The van der Waals surface area contributed by atoms with Gasteiger partial charge in [0, 0.05) is 35.1 Å². The van der Waals surface area contributed by atoms with Crippen LogP contribution in [0.3, 0.4) is 0 Å². The number of aromatic amines is 1. The number of H-pyrrole nitrogens is 1. The van der Waals surface area contributed by atoms with Crippen molar-refractivity contribution in [3.05, 3.63) is 39.3 Å². The zero-order chi connectivity index (χ0) is 16.4. The molecule has 2 aliphatic rings. The van der Waals surface area contributed by atoms with Gasteiger partial charge in [0.05, 0.1) is 13.2 Å². The molecule has 0 spiro atoms.